The van der Waals surface area contributed by atoms with Gasteiger partial charge in [-0.15, -0.1) is 0 Å². The van der Waals surface area contributed by atoms with Crippen molar-refractivity contribution in [3.63, 3.8) is 0 Å². The molecule has 1 aromatic carbocycles. The Kier molecular flexibility index (Phi) is 4.25. The Hall–Kier alpha value is -2.09. The molecule has 2 fully saturated rings. The van der Waals surface area contributed by atoms with Crippen molar-refractivity contribution < 1.29 is 23.1 Å². The van der Waals surface area contributed by atoms with Gasteiger partial charge in [0.05, 0.1) is 12.4 Å². The van der Waals surface area contributed by atoms with Crippen LogP contribution in [-0.4, -0.2) is 47.6 Å². The molecule has 2 aliphatic rings. The van der Waals surface area contributed by atoms with Gasteiger partial charge in [-0.1, -0.05) is 11.6 Å². The van der Waals surface area contributed by atoms with Gasteiger partial charge in [0.15, 0.2) is 5.75 Å². The molecule has 0 bridgehead atoms. The van der Waals surface area contributed by atoms with Crippen molar-refractivity contribution >= 4 is 29.2 Å². The molecule has 6 nitrogen and oxygen atoms in total. The maximum atomic E-state index is 12.4. The Morgan fingerprint density at radius 1 is 1.39 bits per heavy atom. The Bertz CT molecular complexity index is 640. The van der Waals surface area contributed by atoms with E-state index in [0.29, 0.717) is 0 Å². The Morgan fingerprint density at radius 3 is 2.78 bits per heavy atom. The number of ether oxygens (including phenoxy) is 1. The second kappa shape index (κ2) is 6.19. The summed E-state index contributed by atoms with van der Waals surface area (Å²) in [5, 5.41) is 2.68. The van der Waals surface area contributed by atoms with E-state index in [0.717, 1.165) is 12.8 Å². The zero-order valence-electron chi connectivity index (χ0n) is 12.0. The summed E-state index contributed by atoms with van der Waals surface area (Å²) in [6.45, 7) is -2.86. The Balaban J connectivity index is 1.69. The molecule has 1 N–H and O–H groups in total. The summed E-state index contributed by atoms with van der Waals surface area (Å²) in [6.07, 6.45) is 1.90. The van der Waals surface area contributed by atoms with Crippen LogP contribution in [0.1, 0.15) is 12.8 Å². The van der Waals surface area contributed by atoms with Crippen LogP contribution in [-0.2, 0) is 4.79 Å². The van der Waals surface area contributed by atoms with Crippen LogP contribution < -0.4 is 10.1 Å². The quantitative estimate of drug-likeness (QED) is 0.912. The zero-order chi connectivity index (χ0) is 16.6. The number of urea groups is 1. The predicted octanol–water partition coefficient (Wildman–Crippen LogP) is 2.74. The number of hydrogen-bond acceptors (Lipinski definition) is 3. The summed E-state index contributed by atoms with van der Waals surface area (Å²) in [6, 6.07) is 3.67. The normalized spacial score (nSPS) is 17.8. The van der Waals surface area contributed by atoms with Gasteiger partial charge in [0.1, 0.15) is 6.54 Å². The van der Waals surface area contributed by atoms with E-state index < -0.39 is 12.6 Å². The third-order valence-electron chi connectivity index (χ3n) is 3.65. The average molecular weight is 346 g/mol. The van der Waals surface area contributed by atoms with Crippen molar-refractivity contribution in [1.82, 2.24) is 9.80 Å². The maximum absolute atomic E-state index is 12.4. The van der Waals surface area contributed by atoms with Gasteiger partial charge < -0.3 is 15.0 Å². The molecule has 0 aromatic heterocycles. The molecule has 3 rings (SSSR count). The van der Waals surface area contributed by atoms with Crippen LogP contribution in [0.4, 0.5) is 19.3 Å². The van der Waals surface area contributed by atoms with E-state index in [-0.39, 0.29) is 41.6 Å². The average Bonchev–Trinajstić information content (AvgIpc) is 3.24. The summed E-state index contributed by atoms with van der Waals surface area (Å²) >= 11 is 5.74. The predicted molar refractivity (Wildman–Crippen MR) is 78.5 cm³/mol. The number of anilines is 1. The molecule has 124 valence electrons. The molecule has 1 aliphatic heterocycles. The second-order valence-electron chi connectivity index (χ2n) is 5.38. The lowest BCUT2D eigenvalue weighted by Crippen LogP contribution is -2.35. The highest BCUT2D eigenvalue weighted by molar-refractivity contribution is 6.30. The van der Waals surface area contributed by atoms with Crippen molar-refractivity contribution in [2.75, 3.05) is 18.5 Å². The number of carbonyl (C=O) groups is 2. The smallest absolute Gasteiger partial charge is 0.387 e. The van der Waals surface area contributed by atoms with Crippen molar-refractivity contribution in [2.45, 2.75) is 25.5 Å². The van der Waals surface area contributed by atoms with Gasteiger partial charge in [-0.05, 0) is 25.0 Å². The minimum atomic E-state index is -3.04. The first-order valence-electron chi connectivity index (χ1n) is 7.04. The van der Waals surface area contributed by atoms with E-state index in [1.807, 2.05) is 0 Å². The number of benzene rings is 1. The number of halogens is 3. The molecule has 0 unspecified atom stereocenters. The van der Waals surface area contributed by atoms with Crippen LogP contribution in [0.2, 0.25) is 5.02 Å². The lowest BCUT2D eigenvalue weighted by atomic mass is 10.3. The van der Waals surface area contributed by atoms with E-state index in [1.54, 1.807) is 4.90 Å². The van der Waals surface area contributed by atoms with Gasteiger partial charge in [-0.3, -0.25) is 9.69 Å². The maximum Gasteiger partial charge on any atom is 0.387 e. The lowest BCUT2D eigenvalue weighted by molar-refractivity contribution is -0.127. The van der Waals surface area contributed by atoms with Crippen LogP contribution in [0.25, 0.3) is 0 Å². The second-order valence-corrected chi connectivity index (χ2v) is 5.82. The van der Waals surface area contributed by atoms with Gasteiger partial charge in [0, 0.05) is 17.1 Å². The van der Waals surface area contributed by atoms with Crippen molar-refractivity contribution in [1.29, 1.82) is 0 Å². The SMILES string of the molecule is O=C(Nc1ccc(Cl)cc1OC(F)F)N1CC(=O)N(C2CC2)C1. The minimum absolute atomic E-state index is 0.0268. The van der Waals surface area contributed by atoms with Crippen molar-refractivity contribution in [3.05, 3.63) is 23.2 Å². The Labute approximate surface area is 135 Å². The number of amides is 3. The fourth-order valence-electron chi connectivity index (χ4n) is 2.40. The highest BCUT2D eigenvalue weighted by Crippen LogP contribution is 2.31. The first kappa shape index (κ1) is 15.8. The van der Waals surface area contributed by atoms with Gasteiger partial charge in [0.25, 0.3) is 0 Å². The van der Waals surface area contributed by atoms with Gasteiger partial charge in [0.2, 0.25) is 5.91 Å². The van der Waals surface area contributed by atoms with Crippen LogP contribution >= 0.6 is 11.6 Å². The molecular formula is C14H14ClF2N3O3. The summed E-state index contributed by atoms with van der Waals surface area (Å²) in [5.74, 6) is -0.340. The number of rotatable bonds is 4. The molecule has 1 saturated carbocycles. The molecule has 3 amide bonds. The van der Waals surface area contributed by atoms with Crippen LogP contribution in [0, 0.1) is 0 Å². The zero-order valence-corrected chi connectivity index (χ0v) is 12.7. The third-order valence-corrected chi connectivity index (χ3v) is 3.88. The van der Waals surface area contributed by atoms with Crippen LogP contribution in [0.3, 0.4) is 0 Å². The molecule has 0 atom stereocenters. The molecule has 9 heteroatoms. The molecule has 1 saturated heterocycles. The van der Waals surface area contributed by atoms with Gasteiger partial charge in [-0.2, -0.15) is 8.78 Å². The van der Waals surface area contributed by atoms with E-state index in [2.05, 4.69) is 10.1 Å². The number of alkyl halides is 2. The van der Waals surface area contributed by atoms with E-state index >= 15 is 0 Å². The van der Waals surface area contributed by atoms with Crippen molar-refractivity contribution in [2.24, 2.45) is 0 Å². The third kappa shape index (κ3) is 3.64. The highest BCUT2D eigenvalue weighted by Gasteiger charge is 2.40. The summed E-state index contributed by atoms with van der Waals surface area (Å²) in [5.41, 5.74) is 0.0667. The molecule has 23 heavy (non-hydrogen) atoms. The molecule has 0 radical (unpaired) electrons. The number of nitrogens with one attached hydrogen (secondary N) is 1. The monoisotopic (exact) mass is 345 g/mol. The molecule has 1 aliphatic carbocycles. The highest BCUT2D eigenvalue weighted by atomic mass is 35.5. The number of carbonyl (C=O) groups excluding carboxylic acids is 2. The Morgan fingerprint density at radius 2 is 2.13 bits per heavy atom. The minimum Gasteiger partial charge on any atom is -0.433 e. The van der Waals surface area contributed by atoms with Crippen LogP contribution in [0.5, 0.6) is 5.75 Å². The number of hydrogen-bond donors (Lipinski definition) is 1. The first-order valence-corrected chi connectivity index (χ1v) is 7.41. The first-order chi connectivity index (χ1) is 10.9. The molecule has 1 aromatic rings. The molecule has 1 heterocycles. The van der Waals surface area contributed by atoms with E-state index in [4.69, 9.17) is 11.6 Å². The fraction of sp³-hybridized carbons (Fsp3) is 0.429. The summed E-state index contributed by atoms with van der Waals surface area (Å²) < 4.78 is 29.2. The topological polar surface area (TPSA) is 61.9 Å². The van der Waals surface area contributed by atoms with Crippen LogP contribution in [0.15, 0.2) is 18.2 Å². The summed E-state index contributed by atoms with van der Waals surface area (Å²) in [7, 11) is 0. The standard InChI is InChI=1S/C14H14ClF2N3O3/c15-8-1-4-10(11(5-8)23-13(16)17)18-14(22)19-6-12(21)20(7-19)9-2-3-9/h1,4-5,9,13H,2-3,6-7H2,(H,18,22). The van der Waals surface area contributed by atoms with Gasteiger partial charge in [-0.25, -0.2) is 4.79 Å². The summed E-state index contributed by atoms with van der Waals surface area (Å²) in [4.78, 5) is 27.0. The largest absolute Gasteiger partial charge is 0.433 e. The molecule has 0 spiro atoms. The van der Waals surface area contributed by atoms with E-state index in [1.165, 1.54) is 23.1 Å². The lowest BCUT2D eigenvalue weighted by Gasteiger charge is -2.19. The van der Waals surface area contributed by atoms with Gasteiger partial charge >= 0.3 is 12.6 Å². The number of nitrogens with zero attached hydrogens (tertiary/aromatic N) is 2. The fourth-order valence-corrected chi connectivity index (χ4v) is 2.56. The van der Waals surface area contributed by atoms with Crippen molar-refractivity contribution in [3.8, 4) is 5.75 Å². The van der Waals surface area contributed by atoms with E-state index in [9.17, 15) is 18.4 Å². The molecular weight excluding hydrogens is 332 g/mol.